The van der Waals surface area contributed by atoms with Gasteiger partial charge in [-0.15, -0.1) is 0 Å². The second-order valence-corrected chi connectivity index (χ2v) is 5.70. The number of hydrogen-bond acceptors (Lipinski definition) is 4. The molecule has 1 aliphatic rings. The fraction of sp³-hybridized carbons (Fsp3) is 0.467. The molecule has 0 atom stereocenters. The summed E-state index contributed by atoms with van der Waals surface area (Å²) in [6.45, 7) is 3.76. The van der Waals surface area contributed by atoms with Crippen LogP contribution in [0.5, 0.6) is 0 Å². The molecule has 0 bridgehead atoms. The minimum absolute atomic E-state index is 0.0210. The van der Waals surface area contributed by atoms with Gasteiger partial charge in [0.05, 0.1) is 13.1 Å². The lowest BCUT2D eigenvalue weighted by atomic mass is 10.2. The number of carbonyl (C=O) groups is 2. The Balaban J connectivity index is 1.74. The molecule has 1 fully saturated rings. The maximum atomic E-state index is 12.0. The van der Waals surface area contributed by atoms with Gasteiger partial charge in [0, 0.05) is 37.7 Å². The second kappa shape index (κ2) is 8.12. The number of benzene rings is 1. The van der Waals surface area contributed by atoms with E-state index in [-0.39, 0.29) is 24.9 Å². The summed E-state index contributed by atoms with van der Waals surface area (Å²) in [7, 11) is 0. The number of amides is 2. The van der Waals surface area contributed by atoms with Gasteiger partial charge in [0.15, 0.2) is 0 Å². The van der Waals surface area contributed by atoms with Gasteiger partial charge < -0.3 is 16.0 Å². The number of carbonyl (C=O) groups excluding carboxylic acids is 2. The van der Waals surface area contributed by atoms with Crippen LogP contribution in [0.4, 0.5) is 0 Å². The quantitative estimate of drug-likeness (QED) is 0.803. The monoisotopic (exact) mass is 324 g/mol. The molecular weight excluding hydrogens is 304 g/mol. The average molecular weight is 325 g/mol. The smallest absolute Gasteiger partial charge is 0.242 e. The van der Waals surface area contributed by atoms with Crippen molar-refractivity contribution in [3.63, 3.8) is 0 Å². The Hall–Kier alpha value is -1.63. The zero-order chi connectivity index (χ0) is 15.9. The van der Waals surface area contributed by atoms with Crippen molar-refractivity contribution in [1.29, 1.82) is 0 Å². The van der Waals surface area contributed by atoms with Crippen LogP contribution in [0.25, 0.3) is 0 Å². The first kappa shape index (κ1) is 16.7. The predicted octanol–water partition coefficient (Wildman–Crippen LogP) is 0.0591. The number of nitrogens with zero attached hydrogens (tertiary/aromatic N) is 2. The molecule has 0 unspecified atom stereocenters. The van der Waals surface area contributed by atoms with Gasteiger partial charge in [-0.25, -0.2) is 0 Å². The van der Waals surface area contributed by atoms with Crippen molar-refractivity contribution in [3.8, 4) is 0 Å². The van der Waals surface area contributed by atoms with Crippen LogP contribution in [0, 0.1) is 0 Å². The topological polar surface area (TPSA) is 78.7 Å². The van der Waals surface area contributed by atoms with Crippen LogP contribution >= 0.6 is 11.6 Å². The highest BCUT2D eigenvalue weighted by atomic mass is 35.5. The number of piperazine rings is 1. The molecule has 120 valence electrons. The molecule has 3 N–H and O–H groups in total. The van der Waals surface area contributed by atoms with Crippen LogP contribution in [0.15, 0.2) is 24.3 Å². The molecule has 7 heteroatoms. The fourth-order valence-electron chi connectivity index (χ4n) is 2.36. The summed E-state index contributed by atoms with van der Waals surface area (Å²) < 4.78 is 0. The highest BCUT2D eigenvalue weighted by Crippen LogP contribution is 2.12. The Morgan fingerprint density at radius 1 is 1.14 bits per heavy atom. The van der Waals surface area contributed by atoms with Crippen molar-refractivity contribution in [2.24, 2.45) is 5.73 Å². The summed E-state index contributed by atoms with van der Waals surface area (Å²) >= 11 is 5.88. The van der Waals surface area contributed by atoms with E-state index in [9.17, 15) is 9.59 Å². The number of rotatable bonds is 5. The highest BCUT2D eigenvalue weighted by Gasteiger charge is 2.21. The maximum absolute atomic E-state index is 12.0. The molecule has 0 aliphatic carbocycles. The minimum Gasteiger partial charge on any atom is -0.346 e. The molecule has 2 amide bonds. The molecule has 1 heterocycles. The first-order chi connectivity index (χ1) is 10.6. The minimum atomic E-state index is -0.310. The zero-order valence-electron chi connectivity index (χ0n) is 12.4. The summed E-state index contributed by atoms with van der Waals surface area (Å²) in [6, 6.07) is 7.80. The van der Waals surface area contributed by atoms with E-state index in [1.165, 1.54) is 5.56 Å². The molecule has 0 radical (unpaired) electrons. The van der Waals surface area contributed by atoms with Gasteiger partial charge >= 0.3 is 0 Å². The van der Waals surface area contributed by atoms with Crippen LogP contribution in [0.1, 0.15) is 5.56 Å². The van der Waals surface area contributed by atoms with E-state index in [1.807, 2.05) is 24.3 Å². The van der Waals surface area contributed by atoms with Crippen molar-refractivity contribution in [2.45, 2.75) is 6.54 Å². The Labute approximate surface area is 135 Å². The van der Waals surface area contributed by atoms with Crippen molar-refractivity contribution in [3.05, 3.63) is 34.9 Å². The first-order valence-corrected chi connectivity index (χ1v) is 7.67. The molecule has 0 spiro atoms. The Morgan fingerprint density at radius 2 is 1.77 bits per heavy atom. The van der Waals surface area contributed by atoms with Gasteiger partial charge in [-0.2, -0.15) is 0 Å². The lowest BCUT2D eigenvalue weighted by Gasteiger charge is -2.34. The van der Waals surface area contributed by atoms with Gasteiger partial charge in [-0.1, -0.05) is 23.7 Å². The van der Waals surface area contributed by atoms with E-state index in [2.05, 4.69) is 10.2 Å². The Morgan fingerprint density at radius 3 is 2.36 bits per heavy atom. The molecule has 2 rings (SSSR count). The van der Waals surface area contributed by atoms with Gasteiger partial charge in [-0.3, -0.25) is 14.5 Å². The largest absolute Gasteiger partial charge is 0.346 e. The van der Waals surface area contributed by atoms with Gasteiger partial charge in [0.25, 0.3) is 0 Å². The number of halogens is 1. The molecular formula is C15H21ClN4O2. The molecule has 1 saturated heterocycles. The van der Waals surface area contributed by atoms with E-state index in [0.29, 0.717) is 13.1 Å². The summed E-state index contributed by atoms with van der Waals surface area (Å²) in [6.07, 6.45) is 0. The lowest BCUT2D eigenvalue weighted by Crippen LogP contribution is -2.51. The summed E-state index contributed by atoms with van der Waals surface area (Å²) in [5.74, 6) is -0.373. The van der Waals surface area contributed by atoms with Crippen molar-refractivity contribution in [1.82, 2.24) is 15.1 Å². The number of hydrogen-bond donors (Lipinski definition) is 2. The predicted molar refractivity (Wildman–Crippen MR) is 85.4 cm³/mol. The third-order valence-electron chi connectivity index (χ3n) is 3.67. The second-order valence-electron chi connectivity index (χ2n) is 5.26. The van der Waals surface area contributed by atoms with Gasteiger partial charge in [0.1, 0.15) is 0 Å². The van der Waals surface area contributed by atoms with E-state index < -0.39 is 0 Å². The Kier molecular flexibility index (Phi) is 6.18. The van der Waals surface area contributed by atoms with Crippen LogP contribution in [-0.4, -0.2) is 60.9 Å². The zero-order valence-corrected chi connectivity index (χ0v) is 13.2. The maximum Gasteiger partial charge on any atom is 0.242 e. The summed E-state index contributed by atoms with van der Waals surface area (Å²) in [4.78, 5) is 27.1. The van der Waals surface area contributed by atoms with Gasteiger partial charge in [0.2, 0.25) is 11.8 Å². The molecule has 22 heavy (non-hydrogen) atoms. The van der Waals surface area contributed by atoms with Crippen LogP contribution in [0.2, 0.25) is 5.02 Å². The van der Waals surface area contributed by atoms with Crippen molar-refractivity contribution >= 4 is 23.4 Å². The average Bonchev–Trinajstić information content (AvgIpc) is 2.55. The van der Waals surface area contributed by atoms with E-state index in [4.69, 9.17) is 17.3 Å². The normalized spacial score (nSPS) is 15.6. The fourth-order valence-corrected chi connectivity index (χ4v) is 2.49. The van der Waals surface area contributed by atoms with Crippen molar-refractivity contribution < 1.29 is 9.59 Å². The molecule has 6 nitrogen and oxygen atoms in total. The summed E-state index contributed by atoms with van der Waals surface area (Å²) in [5, 5.41) is 3.24. The number of nitrogens with one attached hydrogen (secondary N) is 1. The first-order valence-electron chi connectivity index (χ1n) is 7.30. The standard InChI is InChI=1S/C15H21ClN4O2/c16-13-3-1-12(2-4-13)11-19-5-7-20(8-6-19)15(22)10-18-14(21)9-17/h1-4H,5-11,17H2,(H,18,21). The van der Waals surface area contributed by atoms with E-state index in [1.54, 1.807) is 4.90 Å². The molecule has 0 saturated carbocycles. The van der Waals surface area contributed by atoms with Gasteiger partial charge in [-0.05, 0) is 17.7 Å². The summed E-state index contributed by atoms with van der Waals surface area (Å²) in [5.41, 5.74) is 6.39. The lowest BCUT2D eigenvalue weighted by molar-refractivity contribution is -0.134. The molecule has 1 aromatic rings. The molecule has 1 aromatic carbocycles. The van der Waals surface area contributed by atoms with E-state index >= 15 is 0 Å². The Bertz CT molecular complexity index is 513. The number of nitrogens with two attached hydrogens (primary N) is 1. The molecule has 0 aromatic heterocycles. The third-order valence-corrected chi connectivity index (χ3v) is 3.92. The highest BCUT2D eigenvalue weighted by molar-refractivity contribution is 6.30. The van der Waals surface area contributed by atoms with Crippen LogP contribution < -0.4 is 11.1 Å². The van der Waals surface area contributed by atoms with Crippen LogP contribution in [-0.2, 0) is 16.1 Å². The van der Waals surface area contributed by atoms with E-state index in [0.717, 1.165) is 24.7 Å². The van der Waals surface area contributed by atoms with Crippen molar-refractivity contribution in [2.75, 3.05) is 39.3 Å². The molecule has 1 aliphatic heterocycles. The SMILES string of the molecule is NCC(=O)NCC(=O)N1CCN(Cc2ccc(Cl)cc2)CC1. The third kappa shape index (κ3) is 4.98. The van der Waals surface area contributed by atoms with Crippen LogP contribution in [0.3, 0.4) is 0 Å².